The standard InChI is InChI=1S/C21H23N3O3S.ClH/c1-14-6-8-18(15(2)11-14)20(25)19-9-7-17(24-19)12-21(3,28(22,26)27)16-5-4-10-23-13-16;/h4-11,13,24H,12H2,1-3H3,(H2,22,26,27);1H. The van der Waals surface area contributed by atoms with Crippen molar-refractivity contribution >= 4 is 28.2 Å². The third-order valence-electron chi connectivity index (χ3n) is 5.05. The Balaban J connectivity index is 0.00000300. The van der Waals surface area contributed by atoms with E-state index in [0.29, 0.717) is 22.5 Å². The summed E-state index contributed by atoms with van der Waals surface area (Å²) in [5.41, 5.74) is 4.10. The average Bonchev–Trinajstić information content (AvgIpc) is 3.09. The molecule has 2 aromatic heterocycles. The fourth-order valence-corrected chi connectivity index (χ4v) is 4.10. The third kappa shape index (κ3) is 4.58. The van der Waals surface area contributed by atoms with E-state index < -0.39 is 14.8 Å². The number of sulfonamides is 1. The topological polar surface area (TPSA) is 106 Å². The van der Waals surface area contributed by atoms with Crippen molar-refractivity contribution in [3.8, 4) is 0 Å². The Kier molecular flexibility index (Phi) is 6.67. The Hall–Kier alpha value is -2.48. The molecular weight excluding hydrogens is 410 g/mol. The number of nitrogens with one attached hydrogen (secondary N) is 1. The smallest absolute Gasteiger partial charge is 0.219 e. The van der Waals surface area contributed by atoms with E-state index in [1.807, 2.05) is 26.0 Å². The van der Waals surface area contributed by atoms with Crippen molar-refractivity contribution in [2.75, 3.05) is 0 Å². The highest BCUT2D eigenvalue weighted by molar-refractivity contribution is 7.90. The van der Waals surface area contributed by atoms with Crippen LogP contribution in [0.2, 0.25) is 0 Å². The number of ketones is 1. The fraction of sp³-hybridized carbons (Fsp3) is 0.238. The summed E-state index contributed by atoms with van der Waals surface area (Å²) in [4.78, 5) is 19.9. The molecule has 0 aliphatic rings. The molecule has 6 nitrogen and oxygen atoms in total. The number of aromatic amines is 1. The summed E-state index contributed by atoms with van der Waals surface area (Å²) < 4.78 is 23.4. The van der Waals surface area contributed by atoms with Gasteiger partial charge in [0.05, 0.1) is 5.69 Å². The van der Waals surface area contributed by atoms with Crippen LogP contribution in [-0.2, 0) is 21.2 Å². The van der Waals surface area contributed by atoms with Gasteiger partial charge in [-0.25, -0.2) is 13.6 Å². The van der Waals surface area contributed by atoms with Gasteiger partial charge in [-0.1, -0.05) is 29.8 Å². The van der Waals surface area contributed by atoms with Crippen molar-refractivity contribution < 1.29 is 13.2 Å². The molecule has 1 atom stereocenters. The van der Waals surface area contributed by atoms with Crippen LogP contribution < -0.4 is 5.14 Å². The van der Waals surface area contributed by atoms with Gasteiger partial charge in [-0.05, 0) is 50.1 Å². The zero-order valence-electron chi connectivity index (χ0n) is 16.5. The van der Waals surface area contributed by atoms with E-state index in [1.54, 1.807) is 43.5 Å². The first-order valence-corrected chi connectivity index (χ1v) is 10.4. The number of aromatic nitrogens is 2. The summed E-state index contributed by atoms with van der Waals surface area (Å²) in [5.74, 6) is -0.137. The van der Waals surface area contributed by atoms with Gasteiger partial charge in [0, 0.05) is 30.1 Å². The maximum absolute atomic E-state index is 12.8. The van der Waals surface area contributed by atoms with Gasteiger partial charge < -0.3 is 4.98 Å². The number of pyridine rings is 1. The van der Waals surface area contributed by atoms with Crippen LogP contribution in [0.3, 0.4) is 0 Å². The summed E-state index contributed by atoms with van der Waals surface area (Å²) in [6, 6.07) is 12.4. The van der Waals surface area contributed by atoms with E-state index in [-0.39, 0.29) is 24.6 Å². The molecule has 0 fully saturated rings. The zero-order chi connectivity index (χ0) is 20.5. The van der Waals surface area contributed by atoms with Gasteiger partial charge >= 0.3 is 0 Å². The lowest BCUT2D eigenvalue weighted by atomic mass is 9.97. The van der Waals surface area contributed by atoms with E-state index in [2.05, 4.69) is 9.97 Å². The molecule has 0 saturated carbocycles. The molecule has 3 rings (SSSR count). The Morgan fingerprint density at radius 1 is 1.17 bits per heavy atom. The first kappa shape index (κ1) is 22.8. The van der Waals surface area contributed by atoms with E-state index in [1.165, 1.54) is 6.20 Å². The number of primary sulfonamides is 1. The van der Waals surface area contributed by atoms with Gasteiger partial charge in [0.25, 0.3) is 0 Å². The minimum atomic E-state index is -3.94. The van der Waals surface area contributed by atoms with Crippen LogP contribution >= 0.6 is 12.4 Å². The van der Waals surface area contributed by atoms with Crippen molar-refractivity contribution in [1.82, 2.24) is 9.97 Å². The van der Waals surface area contributed by atoms with Crippen LogP contribution in [0.4, 0.5) is 0 Å². The molecule has 154 valence electrons. The monoisotopic (exact) mass is 433 g/mol. The minimum Gasteiger partial charge on any atom is -0.356 e. The average molecular weight is 434 g/mol. The highest BCUT2D eigenvalue weighted by atomic mass is 35.5. The molecule has 0 aliphatic carbocycles. The molecule has 0 radical (unpaired) electrons. The molecule has 0 bridgehead atoms. The maximum atomic E-state index is 12.8. The van der Waals surface area contributed by atoms with Crippen LogP contribution in [0, 0.1) is 13.8 Å². The Morgan fingerprint density at radius 2 is 1.90 bits per heavy atom. The summed E-state index contributed by atoms with van der Waals surface area (Å²) in [7, 11) is -3.94. The molecule has 29 heavy (non-hydrogen) atoms. The number of hydrogen-bond acceptors (Lipinski definition) is 4. The van der Waals surface area contributed by atoms with Crippen molar-refractivity contribution in [3.05, 3.63) is 88.5 Å². The first-order chi connectivity index (χ1) is 13.1. The van der Waals surface area contributed by atoms with Gasteiger partial charge in [-0.15, -0.1) is 12.4 Å². The van der Waals surface area contributed by atoms with Crippen LogP contribution in [0.15, 0.2) is 54.9 Å². The maximum Gasteiger partial charge on any atom is 0.219 e. The highest BCUT2D eigenvalue weighted by Crippen LogP contribution is 2.31. The van der Waals surface area contributed by atoms with Crippen LogP contribution in [-0.4, -0.2) is 24.2 Å². The Labute approximate surface area is 177 Å². The molecule has 0 aliphatic heterocycles. The second kappa shape index (κ2) is 8.49. The first-order valence-electron chi connectivity index (χ1n) is 8.84. The number of benzene rings is 1. The number of halogens is 1. The molecule has 8 heteroatoms. The zero-order valence-corrected chi connectivity index (χ0v) is 18.1. The molecule has 3 N–H and O–H groups in total. The third-order valence-corrected chi connectivity index (χ3v) is 6.68. The van der Waals surface area contributed by atoms with Crippen molar-refractivity contribution in [2.45, 2.75) is 31.9 Å². The number of carbonyl (C=O) groups excluding carboxylic acids is 1. The summed E-state index contributed by atoms with van der Waals surface area (Å²) >= 11 is 0. The van der Waals surface area contributed by atoms with Crippen molar-refractivity contribution in [1.29, 1.82) is 0 Å². The summed E-state index contributed by atoms with van der Waals surface area (Å²) in [6.07, 6.45) is 3.16. The second-order valence-electron chi connectivity index (χ2n) is 7.24. The largest absolute Gasteiger partial charge is 0.356 e. The number of nitrogens with zero attached hydrogens (tertiary/aromatic N) is 1. The summed E-state index contributed by atoms with van der Waals surface area (Å²) in [6.45, 7) is 5.43. The SMILES string of the molecule is Cc1ccc(C(=O)c2ccc(CC(C)(c3cccnc3)S(N)(=O)=O)[nH]2)c(C)c1.Cl. The summed E-state index contributed by atoms with van der Waals surface area (Å²) in [5, 5.41) is 5.55. The van der Waals surface area contributed by atoms with Crippen molar-refractivity contribution in [2.24, 2.45) is 5.14 Å². The molecule has 3 aromatic rings. The number of nitrogens with two attached hydrogens (primary N) is 1. The van der Waals surface area contributed by atoms with Gasteiger partial charge in [0.1, 0.15) is 4.75 Å². The van der Waals surface area contributed by atoms with E-state index in [0.717, 1.165) is 11.1 Å². The van der Waals surface area contributed by atoms with Crippen LogP contribution in [0.25, 0.3) is 0 Å². The Bertz CT molecular complexity index is 1130. The minimum absolute atomic E-state index is 0. The lowest BCUT2D eigenvalue weighted by molar-refractivity contribution is 0.103. The van der Waals surface area contributed by atoms with E-state index in [9.17, 15) is 13.2 Å². The number of carbonyl (C=O) groups is 1. The van der Waals surface area contributed by atoms with Gasteiger partial charge in [-0.2, -0.15) is 0 Å². The number of hydrogen-bond donors (Lipinski definition) is 2. The molecule has 1 unspecified atom stereocenters. The molecule has 0 amide bonds. The molecule has 0 saturated heterocycles. The molecule has 2 heterocycles. The molecular formula is C21H24ClN3O3S. The van der Waals surface area contributed by atoms with Gasteiger partial charge in [0.2, 0.25) is 15.8 Å². The predicted molar refractivity (Wildman–Crippen MR) is 116 cm³/mol. The highest BCUT2D eigenvalue weighted by Gasteiger charge is 2.39. The number of H-pyrrole nitrogens is 1. The molecule has 0 spiro atoms. The normalized spacial score (nSPS) is 13.4. The second-order valence-corrected chi connectivity index (χ2v) is 9.23. The quantitative estimate of drug-likeness (QED) is 0.581. The predicted octanol–water partition coefficient (Wildman–Crippen LogP) is 3.43. The lowest BCUT2D eigenvalue weighted by Gasteiger charge is -2.26. The van der Waals surface area contributed by atoms with E-state index in [4.69, 9.17) is 5.14 Å². The lowest BCUT2D eigenvalue weighted by Crippen LogP contribution is -2.40. The van der Waals surface area contributed by atoms with Crippen molar-refractivity contribution in [3.63, 3.8) is 0 Å². The number of rotatable bonds is 6. The van der Waals surface area contributed by atoms with E-state index >= 15 is 0 Å². The number of aryl methyl sites for hydroxylation is 2. The van der Waals surface area contributed by atoms with Gasteiger partial charge in [0.15, 0.2) is 0 Å². The van der Waals surface area contributed by atoms with Crippen LogP contribution in [0.5, 0.6) is 0 Å². The Morgan fingerprint density at radius 3 is 2.48 bits per heavy atom. The van der Waals surface area contributed by atoms with Gasteiger partial charge in [-0.3, -0.25) is 9.78 Å². The molecule has 1 aromatic carbocycles. The fourth-order valence-electron chi connectivity index (χ4n) is 3.30. The van der Waals surface area contributed by atoms with Crippen LogP contribution in [0.1, 0.15) is 45.4 Å².